The van der Waals surface area contributed by atoms with Crippen LogP contribution in [0.5, 0.6) is 0 Å². The lowest BCUT2D eigenvalue weighted by molar-refractivity contribution is 0.0563. The molecule has 1 N–H and O–H groups in total. The molecule has 1 atom stereocenters. The molecule has 5 heteroatoms. The maximum absolute atomic E-state index is 11.2. The van der Waals surface area contributed by atoms with Crippen LogP contribution in [0.4, 0.5) is 0 Å². The van der Waals surface area contributed by atoms with Gasteiger partial charge in [-0.1, -0.05) is 0 Å². The number of rotatable bonds is 4. The first kappa shape index (κ1) is 12.5. The predicted molar refractivity (Wildman–Crippen MR) is 67.2 cm³/mol. The normalized spacial score (nSPS) is 20.2. The van der Waals surface area contributed by atoms with E-state index in [4.69, 9.17) is 4.42 Å². The summed E-state index contributed by atoms with van der Waals surface area (Å²) in [6.07, 6.45) is 2.49. The summed E-state index contributed by atoms with van der Waals surface area (Å²) in [6.45, 7) is 0.669. The molecule has 1 aromatic heterocycles. The van der Waals surface area contributed by atoms with Gasteiger partial charge in [-0.05, 0) is 30.7 Å². The third-order valence-corrected chi connectivity index (χ3v) is 3.99. The van der Waals surface area contributed by atoms with Crippen molar-refractivity contribution in [3.05, 3.63) is 23.7 Å². The summed E-state index contributed by atoms with van der Waals surface area (Å²) in [4.78, 5) is 11.2. The Kier molecular flexibility index (Phi) is 4.50. The van der Waals surface area contributed by atoms with Gasteiger partial charge >= 0.3 is 5.97 Å². The molecule has 2 rings (SSSR count). The summed E-state index contributed by atoms with van der Waals surface area (Å²) in [5.41, 5.74) is 0. The van der Waals surface area contributed by atoms with Gasteiger partial charge in [-0.2, -0.15) is 11.8 Å². The van der Waals surface area contributed by atoms with Gasteiger partial charge in [0.2, 0.25) is 5.76 Å². The van der Waals surface area contributed by atoms with E-state index >= 15 is 0 Å². The predicted octanol–water partition coefficient (Wildman–Crippen LogP) is 2.05. The zero-order chi connectivity index (χ0) is 12.1. The molecular weight excluding hydrogens is 238 g/mol. The van der Waals surface area contributed by atoms with Crippen LogP contribution in [0.1, 0.15) is 29.2 Å². The molecule has 0 radical (unpaired) electrons. The quantitative estimate of drug-likeness (QED) is 0.834. The first-order valence-corrected chi connectivity index (χ1v) is 6.93. The minimum atomic E-state index is -0.426. The highest BCUT2D eigenvalue weighted by Crippen LogP contribution is 2.17. The maximum Gasteiger partial charge on any atom is 0.373 e. The molecule has 17 heavy (non-hydrogen) atoms. The number of carbonyl (C=O) groups excluding carboxylic acids is 1. The van der Waals surface area contributed by atoms with Crippen molar-refractivity contribution < 1.29 is 13.9 Å². The fourth-order valence-corrected chi connectivity index (χ4v) is 2.94. The van der Waals surface area contributed by atoms with Crippen LogP contribution in [0.3, 0.4) is 0 Å². The smallest absolute Gasteiger partial charge is 0.373 e. The van der Waals surface area contributed by atoms with Crippen LogP contribution in [0.2, 0.25) is 0 Å². The van der Waals surface area contributed by atoms with Crippen LogP contribution in [0.15, 0.2) is 16.5 Å². The second kappa shape index (κ2) is 6.12. The first-order valence-electron chi connectivity index (χ1n) is 5.78. The Morgan fingerprint density at radius 2 is 2.53 bits per heavy atom. The Labute approximate surface area is 105 Å². The number of thioether (sulfide) groups is 1. The third kappa shape index (κ3) is 3.51. The lowest BCUT2D eigenvalue weighted by Crippen LogP contribution is -2.33. The third-order valence-electron chi connectivity index (χ3n) is 2.77. The number of hydrogen-bond acceptors (Lipinski definition) is 5. The highest BCUT2D eigenvalue weighted by Gasteiger charge is 2.15. The van der Waals surface area contributed by atoms with Crippen LogP contribution in [-0.4, -0.2) is 30.6 Å². The fraction of sp³-hybridized carbons (Fsp3) is 0.583. The minimum Gasteiger partial charge on any atom is -0.463 e. The van der Waals surface area contributed by atoms with Crippen LogP contribution < -0.4 is 5.32 Å². The maximum atomic E-state index is 11.2. The summed E-state index contributed by atoms with van der Waals surface area (Å²) in [6, 6.07) is 4.02. The van der Waals surface area contributed by atoms with E-state index in [1.807, 2.05) is 17.8 Å². The topological polar surface area (TPSA) is 51.5 Å². The largest absolute Gasteiger partial charge is 0.463 e. The van der Waals surface area contributed by atoms with Crippen molar-refractivity contribution in [3.8, 4) is 0 Å². The lowest BCUT2D eigenvalue weighted by atomic mass is 10.2. The minimum absolute atomic E-state index is 0.266. The van der Waals surface area contributed by atoms with Crippen molar-refractivity contribution in [1.82, 2.24) is 5.32 Å². The summed E-state index contributed by atoms with van der Waals surface area (Å²) in [5.74, 6) is 3.04. The molecular formula is C12H17NO3S. The number of esters is 1. The standard InChI is InChI=1S/C12H17NO3S/c1-15-12(14)11-5-4-10(16-11)7-13-9-3-2-6-17-8-9/h4-5,9,13H,2-3,6-8H2,1H3. The van der Waals surface area contributed by atoms with Gasteiger partial charge in [-0.3, -0.25) is 0 Å². The fourth-order valence-electron chi connectivity index (χ4n) is 1.83. The van der Waals surface area contributed by atoms with E-state index in [0.717, 1.165) is 11.5 Å². The van der Waals surface area contributed by atoms with Crippen molar-refractivity contribution in [2.45, 2.75) is 25.4 Å². The van der Waals surface area contributed by atoms with E-state index in [-0.39, 0.29) is 5.76 Å². The number of hydrogen-bond donors (Lipinski definition) is 1. The van der Waals surface area contributed by atoms with Crippen LogP contribution in [0.25, 0.3) is 0 Å². The highest BCUT2D eigenvalue weighted by molar-refractivity contribution is 7.99. The van der Waals surface area contributed by atoms with Gasteiger partial charge in [0.15, 0.2) is 0 Å². The van der Waals surface area contributed by atoms with E-state index in [2.05, 4.69) is 10.1 Å². The number of nitrogens with one attached hydrogen (secondary N) is 1. The summed E-state index contributed by atoms with van der Waals surface area (Å²) >= 11 is 1.98. The molecule has 0 bridgehead atoms. The number of ether oxygens (including phenoxy) is 1. The Hall–Kier alpha value is -0.940. The highest BCUT2D eigenvalue weighted by atomic mass is 32.2. The van der Waals surface area contributed by atoms with Crippen molar-refractivity contribution in [2.75, 3.05) is 18.6 Å². The molecule has 0 amide bonds. The van der Waals surface area contributed by atoms with Gasteiger partial charge in [-0.25, -0.2) is 4.79 Å². The number of furan rings is 1. The summed E-state index contributed by atoms with van der Waals surface area (Å²) in [5, 5.41) is 3.44. The monoisotopic (exact) mass is 255 g/mol. The van der Waals surface area contributed by atoms with Crippen LogP contribution in [0, 0.1) is 0 Å². The van der Waals surface area contributed by atoms with Crippen molar-refractivity contribution >= 4 is 17.7 Å². The summed E-state index contributed by atoms with van der Waals surface area (Å²) in [7, 11) is 1.35. The lowest BCUT2D eigenvalue weighted by Gasteiger charge is -2.21. The molecule has 0 aliphatic carbocycles. The average molecular weight is 255 g/mol. The van der Waals surface area contributed by atoms with Gasteiger partial charge in [0.25, 0.3) is 0 Å². The van der Waals surface area contributed by atoms with Gasteiger partial charge in [0.05, 0.1) is 13.7 Å². The Balaban J connectivity index is 1.82. The van der Waals surface area contributed by atoms with Crippen molar-refractivity contribution in [3.63, 3.8) is 0 Å². The molecule has 1 unspecified atom stereocenters. The van der Waals surface area contributed by atoms with Gasteiger partial charge in [0, 0.05) is 11.8 Å². The van der Waals surface area contributed by atoms with E-state index in [1.54, 1.807) is 6.07 Å². The van der Waals surface area contributed by atoms with Crippen LogP contribution >= 0.6 is 11.8 Å². The molecule has 0 aromatic carbocycles. The van der Waals surface area contributed by atoms with Crippen molar-refractivity contribution in [1.29, 1.82) is 0 Å². The molecule has 2 heterocycles. The van der Waals surface area contributed by atoms with E-state index in [1.165, 1.54) is 25.7 Å². The average Bonchev–Trinajstić information content (AvgIpc) is 2.85. The van der Waals surface area contributed by atoms with E-state index in [9.17, 15) is 4.79 Å². The second-order valence-corrected chi connectivity index (χ2v) is 5.20. The van der Waals surface area contributed by atoms with Gasteiger partial charge < -0.3 is 14.5 Å². The molecule has 1 aromatic rings. The second-order valence-electron chi connectivity index (χ2n) is 4.05. The zero-order valence-electron chi connectivity index (χ0n) is 9.90. The Morgan fingerprint density at radius 3 is 3.24 bits per heavy atom. The van der Waals surface area contributed by atoms with Gasteiger partial charge in [-0.15, -0.1) is 0 Å². The number of methoxy groups -OCH3 is 1. The zero-order valence-corrected chi connectivity index (χ0v) is 10.7. The Bertz CT molecular complexity index is 372. The van der Waals surface area contributed by atoms with E-state index < -0.39 is 5.97 Å². The van der Waals surface area contributed by atoms with Gasteiger partial charge in [0.1, 0.15) is 5.76 Å². The molecule has 1 saturated heterocycles. The number of carbonyl (C=O) groups is 1. The first-order chi connectivity index (χ1) is 8.29. The van der Waals surface area contributed by atoms with E-state index in [0.29, 0.717) is 12.6 Å². The molecule has 94 valence electrons. The molecule has 4 nitrogen and oxygen atoms in total. The Morgan fingerprint density at radius 1 is 1.65 bits per heavy atom. The van der Waals surface area contributed by atoms with Crippen LogP contribution in [-0.2, 0) is 11.3 Å². The molecule has 1 aliphatic rings. The molecule has 0 spiro atoms. The SMILES string of the molecule is COC(=O)c1ccc(CNC2CCCSC2)o1. The molecule has 0 saturated carbocycles. The van der Waals surface area contributed by atoms with Crippen molar-refractivity contribution in [2.24, 2.45) is 0 Å². The summed E-state index contributed by atoms with van der Waals surface area (Å²) < 4.78 is 9.97. The molecule has 1 fully saturated rings. The molecule has 1 aliphatic heterocycles.